The fraction of sp³-hybridized carbons (Fsp3) is 0.750. The Labute approximate surface area is 152 Å². The molecule has 9 nitrogen and oxygen atoms in total. The van der Waals surface area contributed by atoms with Crippen LogP contribution in [0.2, 0.25) is 18.1 Å². The number of aromatic amines is 1. The molecule has 1 aliphatic heterocycles. The van der Waals surface area contributed by atoms with Gasteiger partial charge in [-0.1, -0.05) is 25.9 Å². The lowest BCUT2D eigenvalue weighted by Crippen LogP contribution is -2.53. The van der Waals surface area contributed by atoms with Crippen LogP contribution in [0.5, 0.6) is 0 Å². The fourth-order valence-corrected chi connectivity index (χ4v) is 4.12. The molecule has 0 aliphatic carbocycles. The normalized spacial score (nSPS) is 26.8. The second-order valence-electron chi connectivity index (χ2n) is 8.20. The zero-order valence-electron chi connectivity index (χ0n) is 15.8. The number of nitrogens with one attached hydrogen (secondary N) is 1. The molecule has 0 amide bonds. The molecule has 0 spiro atoms. The number of hydrogen-bond acceptors (Lipinski definition) is 7. The van der Waals surface area contributed by atoms with Crippen molar-refractivity contribution in [2.75, 3.05) is 13.2 Å². The smallest absolute Gasteiger partial charge is 0.330 e. The minimum atomic E-state index is -2.24. The molecule has 2 N–H and O–H groups in total. The fourth-order valence-electron chi connectivity index (χ4n) is 2.74. The van der Waals surface area contributed by atoms with E-state index in [1.54, 1.807) is 0 Å². The van der Waals surface area contributed by atoms with Crippen molar-refractivity contribution >= 4 is 8.32 Å². The van der Waals surface area contributed by atoms with Crippen LogP contribution in [0.1, 0.15) is 33.4 Å². The van der Waals surface area contributed by atoms with Gasteiger partial charge in [0.2, 0.25) is 0 Å². The molecule has 3 atom stereocenters. The number of nitrogens with zero attached hydrogens (tertiary/aromatic N) is 2. The van der Waals surface area contributed by atoms with Gasteiger partial charge in [0.1, 0.15) is 18.4 Å². The summed E-state index contributed by atoms with van der Waals surface area (Å²) in [6, 6.07) is 1.21. The molecule has 0 radical (unpaired) electrons. The van der Waals surface area contributed by atoms with E-state index in [-0.39, 0.29) is 18.0 Å². The van der Waals surface area contributed by atoms with Gasteiger partial charge in [-0.2, -0.15) is 4.91 Å². The predicted octanol–water partition coefficient (Wildman–Crippen LogP) is 1.34. The van der Waals surface area contributed by atoms with E-state index in [1.807, 2.05) is 0 Å². The highest BCUT2D eigenvalue weighted by atomic mass is 28.4. The van der Waals surface area contributed by atoms with Crippen molar-refractivity contribution in [1.29, 1.82) is 0 Å². The molecule has 2 heterocycles. The molecule has 10 heteroatoms. The van der Waals surface area contributed by atoms with Gasteiger partial charge in [0.15, 0.2) is 8.32 Å². The summed E-state index contributed by atoms with van der Waals surface area (Å²) in [7, 11) is -2.24. The molecular formula is C16H27N3O6Si. The number of hydrogen-bond donors (Lipinski definition) is 2. The summed E-state index contributed by atoms with van der Waals surface area (Å²) < 4.78 is 13.5. The van der Waals surface area contributed by atoms with Gasteiger partial charge >= 0.3 is 5.69 Å². The molecule has 0 bridgehead atoms. The summed E-state index contributed by atoms with van der Waals surface area (Å²) in [6.45, 7) is 9.60. The Morgan fingerprint density at radius 2 is 2.12 bits per heavy atom. The molecule has 146 valence electrons. The Bertz CT molecular complexity index is 768. The van der Waals surface area contributed by atoms with Crippen molar-refractivity contribution in [2.24, 2.45) is 5.18 Å². The van der Waals surface area contributed by atoms with E-state index < -0.39 is 44.1 Å². The van der Waals surface area contributed by atoms with Crippen molar-refractivity contribution in [2.45, 2.75) is 63.3 Å². The molecule has 26 heavy (non-hydrogen) atoms. The molecule has 1 unspecified atom stereocenters. The standard InChI is InChI=1S/C16H27N3O6Si/c1-15(2,3)26(4,5)25-11-8-13(24-16(11,10-20)9-17-23)19-7-6-12(21)18-14(19)22/h6-7,11,13,20H,8-10H2,1-5H3,(H,18,21,22)/t11?,13-,16-/m0/s1. The lowest BCUT2D eigenvalue weighted by atomic mass is 9.98. The molecular weight excluding hydrogens is 358 g/mol. The Kier molecular flexibility index (Phi) is 5.71. The maximum atomic E-state index is 12.1. The van der Waals surface area contributed by atoms with Crippen LogP contribution in [-0.2, 0) is 9.16 Å². The summed E-state index contributed by atoms with van der Waals surface area (Å²) in [6.07, 6.45) is 0.212. The van der Waals surface area contributed by atoms with Crippen LogP contribution in [0.3, 0.4) is 0 Å². The van der Waals surface area contributed by atoms with Gasteiger partial charge in [0.05, 0.1) is 12.7 Å². The Morgan fingerprint density at radius 1 is 1.46 bits per heavy atom. The summed E-state index contributed by atoms with van der Waals surface area (Å²) in [5.74, 6) is 0. The highest BCUT2D eigenvalue weighted by Crippen LogP contribution is 2.44. The van der Waals surface area contributed by atoms with Gasteiger partial charge in [-0.25, -0.2) is 4.79 Å². The van der Waals surface area contributed by atoms with E-state index >= 15 is 0 Å². The highest BCUT2D eigenvalue weighted by molar-refractivity contribution is 6.74. The van der Waals surface area contributed by atoms with Crippen LogP contribution in [0, 0.1) is 4.91 Å². The van der Waals surface area contributed by atoms with E-state index in [1.165, 1.54) is 16.8 Å². The topological polar surface area (TPSA) is 123 Å². The molecule has 2 rings (SSSR count). The molecule has 1 aliphatic rings. The molecule has 1 fully saturated rings. The lowest BCUT2D eigenvalue weighted by Gasteiger charge is -2.41. The van der Waals surface area contributed by atoms with Crippen LogP contribution in [0.25, 0.3) is 0 Å². The van der Waals surface area contributed by atoms with Crippen molar-refractivity contribution < 1.29 is 14.3 Å². The number of aliphatic hydroxyl groups excluding tert-OH is 1. The Balaban J connectivity index is 2.40. The zero-order chi connectivity index (χ0) is 19.8. The van der Waals surface area contributed by atoms with Crippen LogP contribution in [-0.4, -0.2) is 47.8 Å². The second kappa shape index (κ2) is 7.18. The summed E-state index contributed by atoms with van der Waals surface area (Å²) in [5, 5.41) is 12.8. The number of aliphatic hydroxyl groups is 1. The van der Waals surface area contributed by atoms with E-state index in [0.29, 0.717) is 0 Å². The van der Waals surface area contributed by atoms with Gasteiger partial charge in [-0.15, -0.1) is 0 Å². The monoisotopic (exact) mass is 385 g/mol. The minimum absolute atomic E-state index is 0.0876. The van der Waals surface area contributed by atoms with Crippen LogP contribution >= 0.6 is 0 Å². The third-order valence-electron chi connectivity index (χ3n) is 5.38. The lowest BCUT2D eigenvalue weighted by molar-refractivity contribution is -0.119. The molecule has 1 saturated heterocycles. The van der Waals surface area contributed by atoms with Crippen molar-refractivity contribution in [3.05, 3.63) is 38.0 Å². The SMILES string of the molecule is CC(C)(C)[Si](C)(C)OC1C[C@@H](n2ccc(=O)[nH]c2=O)O[C@]1(CO)CN=O. The minimum Gasteiger partial charge on any atom is -0.411 e. The Morgan fingerprint density at radius 3 is 2.62 bits per heavy atom. The first-order valence-electron chi connectivity index (χ1n) is 8.53. The first-order chi connectivity index (χ1) is 12.0. The van der Waals surface area contributed by atoms with E-state index in [4.69, 9.17) is 9.16 Å². The average Bonchev–Trinajstić information content (AvgIpc) is 2.84. The number of rotatable bonds is 6. The first-order valence-corrected chi connectivity index (χ1v) is 11.4. The Hall–Kier alpha value is -1.62. The maximum absolute atomic E-state index is 12.1. The third kappa shape index (κ3) is 3.87. The third-order valence-corrected chi connectivity index (χ3v) is 9.86. The van der Waals surface area contributed by atoms with Gasteiger partial charge in [-0.3, -0.25) is 14.3 Å². The molecule has 0 saturated carbocycles. The number of aromatic nitrogens is 2. The summed E-state index contributed by atoms with van der Waals surface area (Å²) >= 11 is 0. The zero-order valence-corrected chi connectivity index (χ0v) is 16.8. The van der Waals surface area contributed by atoms with Crippen LogP contribution in [0.4, 0.5) is 0 Å². The van der Waals surface area contributed by atoms with Gasteiger partial charge < -0.3 is 14.3 Å². The summed E-state index contributed by atoms with van der Waals surface area (Å²) in [5.41, 5.74) is -2.46. The molecule has 1 aromatic rings. The number of nitroso groups, excluding NO2 is 1. The van der Waals surface area contributed by atoms with E-state index in [2.05, 4.69) is 44.0 Å². The average molecular weight is 385 g/mol. The highest BCUT2D eigenvalue weighted by Gasteiger charge is 2.53. The van der Waals surface area contributed by atoms with Gasteiger partial charge in [0, 0.05) is 18.7 Å². The molecule has 0 aromatic carbocycles. The summed E-state index contributed by atoms with van der Waals surface area (Å²) in [4.78, 5) is 36.5. The van der Waals surface area contributed by atoms with Crippen molar-refractivity contribution in [3.8, 4) is 0 Å². The first kappa shape index (κ1) is 20.7. The van der Waals surface area contributed by atoms with E-state index in [0.717, 1.165) is 0 Å². The maximum Gasteiger partial charge on any atom is 0.330 e. The predicted molar refractivity (Wildman–Crippen MR) is 98.6 cm³/mol. The number of ether oxygens (including phenoxy) is 1. The van der Waals surface area contributed by atoms with Crippen LogP contribution < -0.4 is 11.2 Å². The van der Waals surface area contributed by atoms with E-state index in [9.17, 15) is 19.6 Å². The van der Waals surface area contributed by atoms with Crippen molar-refractivity contribution in [3.63, 3.8) is 0 Å². The van der Waals surface area contributed by atoms with Gasteiger partial charge in [-0.05, 0) is 18.1 Å². The van der Waals surface area contributed by atoms with Gasteiger partial charge in [0.25, 0.3) is 5.56 Å². The quantitative estimate of drug-likeness (QED) is 0.563. The largest absolute Gasteiger partial charge is 0.411 e. The van der Waals surface area contributed by atoms with Crippen LogP contribution in [0.15, 0.2) is 27.0 Å². The second-order valence-corrected chi connectivity index (χ2v) is 13.0. The van der Waals surface area contributed by atoms with Crippen molar-refractivity contribution in [1.82, 2.24) is 9.55 Å². The molecule has 1 aromatic heterocycles. The number of H-pyrrole nitrogens is 1.